The number of fused-ring (bicyclic) bond motifs is 1. The summed E-state index contributed by atoms with van der Waals surface area (Å²) in [5, 5.41) is 0.884. The van der Waals surface area contributed by atoms with Crippen LogP contribution in [0.25, 0.3) is 11.0 Å². The first-order chi connectivity index (χ1) is 9.17. The molecule has 3 rings (SSSR count). The van der Waals surface area contributed by atoms with E-state index < -0.39 is 0 Å². The molecule has 0 aliphatic carbocycles. The van der Waals surface area contributed by atoms with Crippen LogP contribution in [0.2, 0.25) is 0 Å². The largest absolute Gasteiger partial charge is 0.451 e. The van der Waals surface area contributed by atoms with Crippen LogP contribution in [-0.2, 0) is 0 Å². The maximum atomic E-state index is 12.4. The van der Waals surface area contributed by atoms with E-state index in [9.17, 15) is 4.79 Å². The Balaban J connectivity index is 1.86. The number of likely N-dealkylation sites (tertiary alicyclic amines) is 1. The van der Waals surface area contributed by atoms with Crippen LogP contribution >= 0.6 is 0 Å². The molecule has 0 radical (unpaired) electrons. The standard InChI is InChI=1S/C15H18N2O2/c1-2-10-5-6-17(9-10)15(18)14-8-11-7-12(16)3-4-13(11)19-14/h3-4,7-8,10H,2,5-6,9,16H2,1H3. The van der Waals surface area contributed by atoms with Crippen LogP contribution in [0.4, 0.5) is 5.69 Å². The zero-order valence-corrected chi connectivity index (χ0v) is 11.1. The second kappa shape index (κ2) is 4.61. The molecule has 0 saturated carbocycles. The molecule has 1 saturated heterocycles. The Morgan fingerprint density at radius 2 is 2.32 bits per heavy atom. The smallest absolute Gasteiger partial charge is 0.289 e. The number of nitrogens with two attached hydrogens (primary N) is 1. The first-order valence-corrected chi connectivity index (χ1v) is 6.75. The van der Waals surface area contributed by atoms with Crippen molar-refractivity contribution in [1.82, 2.24) is 4.90 Å². The van der Waals surface area contributed by atoms with E-state index in [1.807, 2.05) is 11.0 Å². The molecule has 1 aromatic carbocycles. The van der Waals surface area contributed by atoms with Crippen LogP contribution < -0.4 is 5.73 Å². The number of nitrogen functional groups attached to an aromatic ring is 1. The predicted molar refractivity (Wildman–Crippen MR) is 74.9 cm³/mol. The summed E-state index contributed by atoms with van der Waals surface area (Å²) >= 11 is 0. The van der Waals surface area contributed by atoms with Crippen molar-refractivity contribution in [3.63, 3.8) is 0 Å². The van der Waals surface area contributed by atoms with Gasteiger partial charge in [-0.05, 0) is 36.6 Å². The van der Waals surface area contributed by atoms with E-state index >= 15 is 0 Å². The van der Waals surface area contributed by atoms with Gasteiger partial charge in [-0.1, -0.05) is 13.3 Å². The lowest BCUT2D eigenvalue weighted by Gasteiger charge is -2.14. The maximum Gasteiger partial charge on any atom is 0.289 e. The molecular weight excluding hydrogens is 240 g/mol. The Labute approximate surface area is 112 Å². The highest BCUT2D eigenvalue weighted by molar-refractivity contribution is 5.96. The van der Waals surface area contributed by atoms with Gasteiger partial charge >= 0.3 is 0 Å². The third-order valence-corrected chi connectivity index (χ3v) is 3.90. The van der Waals surface area contributed by atoms with Crippen molar-refractivity contribution in [2.75, 3.05) is 18.8 Å². The van der Waals surface area contributed by atoms with Crippen molar-refractivity contribution >= 4 is 22.6 Å². The molecule has 2 aromatic rings. The summed E-state index contributed by atoms with van der Waals surface area (Å²) in [6.07, 6.45) is 2.22. The monoisotopic (exact) mass is 258 g/mol. The van der Waals surface area contributed by atoms with E-state index in [0.717, 1.165) is 31.3 Å². The molecule has 1 atom stereocenters. The highest BCUT2D eigenvalue weighted by Gasteiger charge is 2.27. The molecule has 1 fully saturated rings. The second-order valence-corrected chi connectivity index (χ2v) is 5.22. The minimum absolute atomic E-state index is 0.00859. The van der Waals surface area contributed by atoms with Gasteiger partial charge in [0, 0.05) is 24.2 Å². The molecule has 1 unspecified atom stereocenters. The lowest BCUT2D eigenvalue weighted by molar-refractivity contribution is 0.0757. The lowest BCUT2D eigenvalue weighted by atomic mass is 10.1. The molecule has 1 aliphatic rings. The van der Waals surface area contributed by atoms with Gasteiger partial charge in [-0.25, -0.2) is 0 Å². The number of hydrogen-bond acceptors (Lipinski definition) is 3. The molecule has 0 spiro atoms. The maximum absolute atomic E-state index is 12.4. The lowest BCUT2D eigenvalue weighted by Crippen LogP contribution is -2.28. The fraction of sp³-hybridized carbons (Fsp3) is 0.400. The Hall–Kier alpha value is -1.97. The Kier molecular flexibility index (Phi) is 2.93. The summed E-state index contributed by atoms with van der Waals surface area (Å²) in [4.78, 5) is 14.2. The average Bonchev–Trinajstić information content (AvgIpc) is 3.03. The molecule has 2 heterocycles. The minimum atomic E-state index is -0.00859. The topological polar surface area (TPSA) is 59.5 Å². The average molecular weight is 258 g/mol. The molecular formula is C15H18N2O2. The van der Waals surface area contributed by atoms with Crippen molar-refractivity contribution in [3.8, 4) is 0 Å². The first-order valence-electron chi connectivity index (χ1n) is 6.75. The first kappa shape index (κ1) is 12.1. The number of anilines is 1. The second-order valence-electron chi connectivity index (χ2n) is 5.22. The fourth-order valence-electron chi connectivity index (χ4n) is 2.67. The van der Waals surface area contributed by atoms with Crippen LogP contribution in [0.15, 0.2) is 28.7 Å². The number of amides is 1. The summed E-state index contributed by atoms with van der Waals surface area (Å²) in [6.45, 7) is 3.84. The van der Waals surface area contributed by atoms with Crippen LogP contribution in [-0.4, -0.2) is 23.9 Å². The molecule has 2 N–H and O–H groups in total. The molecule has 1 amide bonds. The number of carbonyl (C=O) groups is 1. The number of nitrogens with zero attached hydrogens (tertiary/aromatic N) is 1. The summed E-state index contributed by atoms with van der Waals surface area (Å²) in [7, 11) is 0. The number of furan rings is 1. The molecule has 19 heavy (non-hydrogen) atoms. The van der Waals surface area contributed by atoms with Gasteiger partial charge in [-0.3, -0.25) is 4.79 Å². The zero-order valence-electron chi connectivity index (χ0n) is 11.1. The van der Waals surface area contributed by atoms with E-state index in [1.165, 1.54) is 0 Å². The van der Waals surface area contributed by atoms with Crippen molar-refractivity contribution in [2.45, 2.75) is 19.8 Å². The Morgan fingerprint density at radius 3 is 3.05 bits per heavy atom. The van der Waals surface area contributed by atoms with Gasteiger partial charge < -0.3 is 15.1 Å². The number of benzene rings is 1. The molecule has 0 bridgehead atoms. The van der Waals surface area contributed by atoms with E-state index in [2.05, 4.69) is 6.92 Å². The third kappa shape index (κ3) is 2.18. The summed E-state index contributed by atoms with van der Waals surface area (Å²) in [6, 6.07) is 7.20. The Bertz CT molecular complexity index is 618. The number of carbonyl (C=O) groups excluding carboxylic acids is 1. The zero-order chi connectivity index (χ0) is 13.4. The van der Waals surface area contributed by atoms with Gasteiger partial charge in [-0.15, -0.1) is 0 Å². The molecule has 4 nitrogen and oxygen atoms in total. The number of rotatable bonds is 2. The highest BCUT2D eigenvalue weighted by Crippen LogP contribution is 2.25. The minimum Gasteiger partial charge on any atom is -0.451 e. The number of hydrogen-bond donors (Lipinski definition) is 1. The van der Waals surface area contributed by atoms with Crippen LogP contribution in [0.5, 0.6) is 0 Å². The Morgan fingerprint density at radius 1 is 1.47 bits per heavy atom. The van der Waals surface area contributed by atoms with Crippen molar-refractivity contribution in [1.29, 1.82) is 0 Å². The van der Waals surface area contributed by atoms with E-state index in [0.29, 0.717) is 22.9 Å². The van der Waals surface area contributed by atoms with E-state index in [1.54, 1.807) is 18.2 Å². The molecule has 1 aliphatic heterocycles. The normalized spacial score (nSPS) is 19.2. The third-order valence-electron chi connectivity index (χ3n) is 3.90. The van der Waals surface area contributed by atoms with Gasteiger partial charge in [0.05, 0.1) is 0 Å². The van der Waals surface area contributed by atoms with Gasteiger partial charge in [-0.2, -0.15) is 0 Å². The van der Waals surface area contributed by atoms with Crippen molar-refractivity contribution < 1.29 is 9.21 Å². The van der Waals surface area contributed by atoms with E-state index in [4.69, 9.17) is 10.2 Å². The van der Waals surface area contributed by atoms with Gasteiger partial charge in [0.15, 0.2) is 5.76 Å². The van der Waals surface area contributed by atoms with Gasteiger partial charge in [0.25, 0.3) is 5.91 Å². The summed E-state index contributed by atoms with van der Waals surface area (Å²) in [5.74, 6) is 1.03. The van der Waals surface area contributed by atoms with Crippen LogP contribution in [0.1, 0.15) is 30.3 Å². The fourth-order valence-corrected chi connectivity index (χ4v) is 2.67. The van der Waals surface area contributed by atoms with Crippen molar-refractivity contribution in [3.05, 3.63) is 30.0 Å². The van der Waals surface area contributed by atoms with Crippen LogP contribution in [0, 0.1) is 5.92 Å². The SMILES string of the molecule is CCC1CCN(C(=O)c2cc3cc(N)ccc3o2)C1. The molecule has 1 aromatic heterocycles. The molecule has 4 heteroatoms. The predicted octanol–water partition coefficient (Wildman–Crippen LogP) is 2.89. The quantitative estimate of drug-likeness (QED) is 0.842. The molecule has 100 valence electrons. The summed E-state index contributed by atoms with van der Waals surface area (Å²) < 4.78 is 5.62. The summed E-state index contributed by atoms with van der Waals surface area (Å²) in [5.41, 5.74) is 7.12. The van der Waals surface area contributed by atoms with E-state index in [-0.39, 0.29) is 5.91 Å². The van der Waals surface area contributed by atoms with Gasteiger partial charge in [0.1, 0.15) is 5.58 Å². The van der Waals surface area contributed by atoms with Crippen molar-refractivity contribution in [2.24, 2.45) is 5.92 Å². The highest BCUT2D eigenvalue weighted by atomic mass is 16.3. The van der Waals surface area contributed by atoms with Crippen LogP contribution in [0.3, 0.4) is 0 Å². The van der Waals surface area contributed by atoms with Gasteiger partial charge in [0.2, 0.25) is 0 Å².